The fraction of sp³-hybridized carbons (Fsp3) is 1.00. The van der Waals surface area contributed by atoms with Gasteiger partial charge < -0.3 is 0 Å². The lowest BCUT2D eigenvalue weighted by Crippen LogP contribution is -2.16. The molecule has 0 bridgehead atoms. The van der Waals surface area contributed by atoms with Crippen molar-refractivity contribution in [2.24, 2.45) is 0 Å². The van der Waals surface area contributed by atoms with Crippen molar-refractivity contribution in [1.29, 1.82) is 0 Å². The van der Waals surface area contributed by atoms with E-state index in [1.54, 1.807) is 0 Å². The summed E-state index contributed by atoms with van der Waals surface area (Å²) in [6.07, 6.45) is 5.35. The summed E-state index contributed by atoms with van der Waals surface area (Å²) >= 11 is 0. The van der Waals surface area contributed by atoms with Crippen LogP contribution in [0.15, 0.2) is 0 Å². The summed E-state index contributed by atoms with van der Waals surface area (Å²) in [6, 6.07) is 0. The quantitative estimate of drug-likeness (QED) is 0.440. The number of hydrogen-bond acceptors (Lipinski definition) is 0. The molecule has 0 N–H and O–H groups in total. The molecule has 0 aromatic carbocycles. The highest BCUT2D eigenvalue weighted by atomic mass is 32.2. The molecule has 1 rings (SSSR count). The number of hydrogen-bond donors (Lipinski definition) is 0. The van der Waals surface area contributed by atoms with Gasteiger partial charge in [0.1, 0.15) is 10.5 Å². The van der Waals surface area contributed by atoms with E-state index in [4.69, 9.17) is 0 Å². The van der Waals surface area contributed by atoms with Crippen LogP contribution in [0.4, 0.5) is 0 Å². The monoisotopic (exact) mass is 131 g/mol. The molecule has 1 heterocycles. The summed E-state index contributed by atoms with van der Waals surface area (Å²) in [5, 5.41) is 2.04. The van der Waals surface area contributed by atoms with Crippen molar-refractivity contribution in [1.82, 2.24) is 0 Å². The molecule has 0 unspecified atom stereocenters. The molecule has 0 saturated carbocycles. The highest BCUT2D eigenvalue weighted by Crippen LogP contribution is 2.26. The molecule has 1 aliphatic rings. The van der Waals surface area contributed by atoms with Gasteiger partial charge in [0.05, 0.1) is 6.26 Å². The van der Waals surface area contributed by atoms with E-state index in [0.29, 0.717) is 0 Å². The van der Waals surface area contributed by atoms with Crippen molar-refractivity contribution in [3.05, 3.63) is 0 Å². The summed E-state index contributed by atoms with van der Waals surface area (Å²) < 4.78 is 0. The van der Waals surface area contributed by atoms with E-state index in [2.05, 4.69) is 20.1 Å². The Kier molecular flexibility index (Phi) is 1.86. The van der Waals surface area contributed by atoms with Gasteiger partial charge in [-0.25, -0.2) is 0 Å². The van der Waals surface area contributed by atoms with E-state index in [0.717, 1.165) is 21.4 Å². The largest absolute Gasteiger partial charge is 0.115 e. The molecule has 8 heavy (non-hydrogen) atoms. The zero-order valence-corrected chi connectivity index (χ0v) is 6.79. The normalized spacial score (nSPS) is 40.9. The maximum Gasteiger partial charge on any atom is 0.115 e. The van der Waals surface area contributed by atoms with Crippen LogP contribution in [-0.2, 0) is 10.9 Å². The SMILES string of the molecule is C[C@H]1CC[C@H](C)[S+]1C. The van der Waals surface area contributed by atoms with E-state index in [1.165, 1.54) is 12.8 Å². The van der Waals surface area contributed by atoms with E-state index in [9.17, 15) is 0 Å². The van der Waals surface area contributed by atoms with Crippen molar-refractivity contribution in [3.8, 4) is 0 Å². The maximum absolute atomic E-state index is 2.41. The van der Waals surface area contributed by atoms with Crippen LogP contribution in [0.1, 0.15) is 26.7 Å². The van der Waals surface area contributed by atoms with Crippen molar-refractivity contribution in [2.45, 2.75) is 37.2 Å². The molecule has 1 saturated heterocycles. The van der Waals surface area contributed by atoms with Crippen LogP contribution in [-0.4, -0.2) is 16.8 Å². The first kappa shape index (κ1) is 6.47. The highest BCUT2D eigenvalue weighted by molar-refractivity contribution is 7.97. The van der Waals surface area contributed by atoms with Gasteiger partial charge in [-0.2, -0.15) is 0 Å². The first-order valence-corrected chi connectivity index (χ1v) is 5.11. The molecule has 0 aromatic rings. The Morgan fingerprint density at radius 1 is 1.12 bits per heavy atom. The lowest BCUT2D eigenvalue weighted by atomic mass is 10.2. The molecular formula is C7H15S+. The van der Waals surface area contributed by atoms with Gasteiger partial charge in [0.25, 0.3) is 0 Å². The van der Waals surface area contributed by atoms with Gasteiger partial charge in [0, 0.05) is 0 Å². The van der Waals surface area contributed by atoms with E-state index in [-0.39, 0.29) is 0 Å². The predicted octanol–water partition coefficient (Wildman–Crippen LogP) is 1.81. The molecule has 1 aliphatic heterocycles. The third kappa shape index (κ3) is 1.02. The molecule has 1 heteroatoms. The molecule has 1 fully saturated rings. The lowest BCUT2D eigenvalue weighted by Gasteiger charge is -2.02. The van der Waals surface area contributed by atoms with Crippen LogP contribution in [0.25, 0.3) is 0 Å². The number of rotatable bonds is 0. The second kappa shape index (κ2) is 2.30. The average Bonchev–Trinajstić information content (AvgIpc) is 1.98. The Morgan fingerprint density at radius 3 is 1.62 bits per heavy atom. The standard InChI is InChI=1S/C7H15S/c1-6-4-5-7(2)8(6)3/h6-7H,4-5H2,1-3H3/q+1/t6-,7-/m0/s1. The van der Waals surface area contributed by atoms with Gasteiger partial charge in [0.15, 0.2) is 0 Å². The molecule has 0 spiro atoms. The molecule has 48 valence electrons. The van der Waals surface area contributed by atoms with Crippen molar-refractivity contribution in [2.75, 3.05) is 6.26 Å². The first-order chi connectivity index (χ1) is 3.72. The minimum absolute atomic E-state index is 0.738. The third-order valence-corrected chi connectivity index (χ3v) is 5.26. The summed E-state index contributed by atoms with van der Waals surface area (Å²) in [7, 11) is 0.738. The van der Waals surface area contributed by atoms with E-state index < -0.39 is 0 Å². The second-order valence-electron chi connectivity index (χ2n) is 2.81. The minimum Gasteiger partial charge on any atom is -0.0170 e. The maximum atomic E-state index is 2.41. The lowest BCUT2D eigenvalue weighted by molar-refractivity contribution is 0.777. The topological polar surface area (TPSA) is 0 Å². The van der Waals surface area contributed by atoms with Crippen LogP contribution in [0, 0.1) is 0 Å². The van der Waals surface area contributed by atoms with Crippen LogP contribution < -0.4 is 0 Å². The highest BCUT2D eigenvalue weighted by Gasteiger charge is 2.34. The molecule has 0 radical (unpaired) electrons. The van der Waals surface area contributed by atoms with Crippen LogP contribution >= 0.6 is 0 Å². The molecule has 0 aromatic heterocycles. The van der Waals surface area contributed by atoms with E-state index in [1.807, 2.05) is 0 Å². The van der Waals surface area contributed by atoms with Crippen molar-refractivity contribution in [3.63, 3.8) is 0 Å². The summed E-state index contributed by atoms with van der Waals surface area (Å²) in [6.45, 7) is 4.76. The summed E-state index contributed by atoms with van der Waals surface area (Å²) in [4.78, 5) is 0. The zero-order valence-electron chi connectivity index (χ0n) is 5.98. The van der Waals surface area contributed by atoms with Gasteiger partial charge in [-0.1, -0.05) is 0 Å². The Hall–Kier alpha value is 0.350. The van der Waals surface area contributed by atoms with Gasteiger partial charge in [-0.05, 0) is 37.6 Å². The van der Waals surface area contributed by atoms with Crippen molar-refractivity contribution >= 4 is 10.9 Å². The fourth-order valence-corrected chi connectivity index (χ4v) is 3.05. The van der Waals surface area contributed by atoms with Gasteiger partial charge in [-0.3, -0.25) is 0 Å². The molecule has 0 aliphatic carbocycles. The second-order valence-corrected chi connectivity index (χ2v) is 5.63. The summed E-state index contributed by atoms with van der Waals surface area (Å²) in [5.74, 6) is 0. The summed E-state index contributed by atoms with van der Waals surface area (Å²) in [5.41, 5.74) is 0. The van der Waals surface area contributed by atoms with Crippen LogP contribution in [0.2, 0.25) is 0 Å². The Morgan fingerprint density at radius 2 is 1.50 bits per heavy atom. The smallest absolute Gasteiger partial charge is 0.0170 e. The van der Waals surface area contributed by atoms with E-state index >= 15 is 0 Å². The van der Waals surface area contributed by atoms with Crippen molar-refractivity contribution < 1.29 is 0 Å². The van der Waals surface area contributed by atoms with Crippen LogP contribution in [0.5, 0.6) is 0 Å². The third-order valence-electron chi connectivity index (χ3n) is 2.25. The molecule has 0 amide bonds. The zero-order chi connectivity index (χ0) is 6.15. The fourth-order valence-electron chi connectivity index (χ4n) is 1.24. The average molecular weight is 131 g/mol. The predicted molar refractivity (Wildman–Crippen MR) is 41.4 cm³/mol. The molecule has 2 atom stereocenters. The minimum atomic E-state index is 0.738. The first-order valence-electron chi connectivity index (χ1n) is 3.35. The van der Waals surface area contributed by atoms with Gasteiger partial charge >= 0.3 is 0 Å². The molecular weight excluding hydrogens is 116 g/mol. The molecule has 0 nitrogen and oxygen atoms in total. The van der Waals surface area contributed by atoms with Crippen LogP contribution in [0.3, 0.4) is 0 Å². The van der Waals surface area contributed by atoms with Gasteiger partial charge in [-0.15, -0.1) is 0 Å². The Labute approximate surface area is 55.0 Å². The Balaban J connectivity index is 2.44. The van der Waals surface area contributed by atoms with Gasteiger partial charge in [0.2, 0.25) is 0 Å². The Bertz CT molecular complexity index is 70.5.